The number of aldehydes is 1. The predicted octanol–water partition coefficient (Wildman–Crippen LogP) is 5.56. The topological polar surface area (TPSA) is 118 Å². The standard InChI is InChI=1S/C22H21ClN4O4.C7H9N/c1-4-30-19-9-8-16(23)11-17(19)22-27-26-21(31-22)15-7-5-6-14(10-15)20(29)25-18(12-28)13(2)24-3;1-8-7-5-3-2-4-6-7/h5-12,24H,4H2,1-3H3,(H,25,29);2-6,8H,1H3/b18-13+;. The summed E-state index contributed by atoms with van der Waals surface area (Å²) in [6.45, 7) is 4.03. The molecule has 4 aromatic rings. The van der Waals surface area contributed by atoms with E-state index in [0.29, 0.717) is 46.1 Å². The highest BCUT2D eigenvalue weighted by Crippen LogP contribution is 2.33. The van der Waals surface area contributed by atoms with Crippen LogP contribution in [-0.4, -0.2) is 43.1 Å². The van der Waals surface area contributed by atoms with Gasteiger partial charge < -0.3 is 25.1 Å². The van der Waals surface area contributed by atoms with Crippen LogP contribution in [0.15, 0.2) is 88.6 Å². The first-order valence-electron chi connectivity index (χ1n) is 12.1. The van der Waals surface area contributed by atoms with Crippen molar-refractivity contribution in [3.05, 3.63) is 94.8 Å². The number of amides is 1. The van der Waals surface area contributed by atoms with E-state index in [2.05, 4.69) is 26.1 Å². The van der Waals surface area contributed by atoms with Crippen molar-refractivity contribution in [2.45, 2.75) is 13.8 Å². The van der Waals surface area contributed by atoms with E-state index in [0.717, 1.165) is 5.69 Å². The number of carbonyl (C=O) groups excluding carboxylic acids is 2. The average molecular weight is 548 g/mol. The molecule has 202 valence electrons. The van der Waals surface area contributed by atoms with Crippen LogP contribution in [0.4, 0.5) is 5.69 Å². The van der Waals surface area contributed by atoms with Crippen LogP contribution in [0, 0.1) is 0 Å². The Bertz CT molecular complexity index is 1440. The van der Waals surface area contributed by atoms with Gasteiger partial charge in [0.05, 0.1) is 12.2 Å². The Morgan fingerprint density at radius 2 is 1.74 bits per heavy atom. The molecule has 0 aliphatic heterocycles. The Kier molecular flexibility index (Phi) is 10.6. The Balaban J connectivity index is 0.000000449. The minimum atomic E-state index is -0.438. The molecule has 9 nitrogen and oxygen atoms in total. The maximum Gasteiger partial charge on any atom is 0.255 e. The van der Waals surface area contributed by atoms with Gasteiger partial charge in [-0.25, -0.2) is 0 Å². The molecule has 0 saturated heterocycles. The summed E-state index contributed by atoms with van der Waals surface area (Å²) >= 11 is 6.11. The van der Waals surface area contributed by atoms with Gasteiger partial charge >= 0.3 is 0 Å². The Labute approximate surface area is 232 Å². The highest BCUT2D eigenvalue weighted by molar-refractivity contribution is 6.30. The van der Waals surface area contributed by atoms with Crippen LogP contribution in [0.2, 0.25) is 5.02 Å². The van der Waals surface area contributed by atoms with E-state index in [-0.39, 0.29) is 17.5 Å². The van der Waals surface area contributed by atoms with Gasteiger partial charge in [-0.05, 0) is 62.4 Å². The molecular weight excluding hydrogens is 518 g/mol. The molecule has 0 unspecified atom stereocenters. The zero-order valence-electron chi connectivity index (χ0n) is 22.1. The third kappa shape index (κ3) is 7.93. The van der Waals surface area contributed by atoms with Crippen LogP contribution in [-0.2, 0) is 4.79 Å². The summed E-state index contributed by atoms with van der Waals surface area (Å²) < 4.78 is 11.4. The highest BCUT2D eigenvalue weighted by atomic mass is 35.5. The SMILES string of the molecule is CCOc1ccc(Cl)cc1-c1nnc(-c2cccc(C(=O)N/C(C=O)=C(\C)NC)c2)o1.CNc1ccccc1. The van der Waals surface area contributed by atoms with E-state index >= 15 is 0 Å². The van der Waals surface area contributed by atoms with Crippen LogP contribution in [0.25, 0.3) is 22.9 Å². The summed E-state index contributed by atoms with van der Waals surface area (Å²) in [5.41, 5.74) is 3.32. The van der Waals surface area contributed by atoms with Gasteiger partial charge in [0.15, 0.2) is 6.29 Å². The van der Waals surface area contributed by atoms with Crippen LogP contribution in [0.3, 0.4) is 0 Å². The number of ether oxygens (including phenoxy) is 1. The number of anilines is 1. The van der Waals surface area contributed by atoms with Gasteiger partial charge in [-0.2, -0.15) is 0 Å². The summed E-state index contributed by atoms with van der Waals surface area (Å²) in [7, 11) is 3.57. The molecular formula is C29H30ClN5O4. The number of nitrogens with zero attached hydrogens (tertiary/aromatic N) is 2. The molecule has 0 spiro atoms. The largest absolute Gasteiger partial charge is 0.493 e. The van der Waals surface area contributed by atoms with Crippen molar-refractivity contribution >= 4 is 29.5 Å². The summed E-state index contributed by atoms with van der Waals surface area (Å²) in [5.74, 6) is 0.603. The maximum absolute atomic E-state index is 12.6. The van der Waals surface area contributed by atoms with Crippen molar-refractivity contribution < 1.29 is 18.7 Å². The number of benzene rings is 3. The zero-order chi connectivity index (χ0) is 28.2. The number of halogens is 1. The van der Waals surface area contributed by atoms with E-state index in [1.165, 1.54) is 0 Å². The minimum Gasteiger partial charge on any atom is -0.493 e. The van der Waals surface area contributed by atoms with Crippen LogP contribution in [0.1, 0.15) is 24.2 Å². The first-order chi connectivity index (χ1) is 18.9. The van der Waals surface area contributed by atoms with Crippen molar-refractivity contribution in [3.63, 3.8) is 0 Å². The molecule has 0 saturated carbocycles. The van der Waals surface area contributed by atoms with Crippen molar-refractivity contribution in [3.8, 4) is 28.7 Å². The normalized spacial score (nSPS) is 10.9. The van der Waals surface area contributed by atoms with Gasteiger partial charge in [-0.15, -0.1) is 10.2 Å². The third-order valence-electron chi connectivity index (χ3n) is 5.48. The van der Waals surface area contributed by atoms with Crippen molar-refractivity contribution in [2.75, 3.05) is 26.0 Å². The first kappa shape index (κ1) is 28.9. The number of hydrogen-bond acceptors (Lipinski definition) is 8. The lowest BCUT2D eigenvalue weighted by Crippen LogP contribution is -2.26. The van der Waals surface area contributed by atoms with Gasteiger partial charge in [0, 0.05) is 41.6 Å². The van der Waals surface area contributed by atoms with Crippen LogP contribution < -0.4 is 20.7 Å². The summed E-state index contributed by atoms with van der Waals surface area (Å²) in [6, 6.07) is 21.9. The highest BCUT2D eigenvalue weighted by Gasteiger charge is 2.17. The molecule has 3 aromatic carbocycles. The quantitative estimate of drug-likeness (QED) is 0.184. The van der Waals surface area contributed by atoms with E-state index in [9.17, 15) is 9.59 Å². The fraction of sp³-hybridized carbons (Fsp3) is 0.172. The molecule has 1 heterocycles. The van der Waals surface area contributed by atoms with Gasteiger partial charge in [-0.1, -0.05) is 35.9 Å². The number of aromatic nitrogens is 2. The van der Waals surface area contributed by atoms with E-state index in [1.807, 2.05) is 44.3 Å². The Hall–Kier alpha value is -4.63. The van der Waals surface area contributed by atoms with Crippen LogP contribution >= 0.6 is 11.6 Å². The fourth-order valence-corrected chi connectivity index (χ4v) is 3.51. The molecule has 0 aliphatic rings. The number of nitrogens with one attached hydrogen (secondary N) is 3. The van der Waals surface area contributed by atoms with Gasteiger partial charge in [0.1, 0.15) is 11.4 Å². The van der Waals surface area contributed by atoms with E-state index in [1.54, 1.807) is 56.4 Å². The van der Waals surface area contributed by atoms with Gasteiger partial charge in [0.2, 0.25) is 5.89 Å². The number of para-hydroxylation sites is 1. The van der Waals surface area contributed by atoms with E-state index in [4.69, 9.17) is 20.8 Å². The minimum absolute atomic E-state index is 0.155. The smallest absolute Gasteiger partial charge is 0.255 e. The molecule has 0 radical (unpaired) electrons. The monoisotopic (exact) mass is 547 g/mol. The second kappa shape index (κ2) is 14.3. The molecule has 1 amide bonds. The second-order valence-electron chi connectivity index (χ2n) is 8.04. The maximum atomic E-state index is 12.6. The first-order valence-corrected chi connectivity index (χ1v) is 12.5. The fourth-order valence-electron chi connectivity index (χ4n) is 3.34. The molecule has 0 aliphatic carbocycles. The molecule has 39 heavy (non-hydrogen) atoms. The molecule has 0 fully saturated rings. The Morgan fingerprint density at radius 3 is 2.38 bits per heavy atom. The van der Waals surface area contributed by atoms with Crippen molar-refractivity contribution in [1.29, 1.82) is 0 Å². The predicted molar refractivity (Wildman–Crippen MR) is 153 cm³/mol. The molecule has 3 N–H and O–H groups in total. The zero-order valence-corrected chi connectivity index (χ0v) is 22.9. The number of hydrogen-bond donors (Lipinski definition) is 3. The second-order valence-corrected chi connectivity index (χ2v) is 8.48. The lowest BCUT2D eigenvalue weighted by atomic mass is 10.1. The lowest BCUT2D eigenvalue weighted by Gasteiger charge is -2.09. The molecule has 0 atom stereocenters. The molecule has 0 bridgehead atoms. The summed E-state index contributed by atoms with van der Waals surface area (Å²) in [5, 5.41) is 17.1. The van der Waals surface area contributed by atoms with Gasteiger partial charge in [0.25, 0.3) is 11.8 Å². The summed E-state index contributed by atoms with van der Waals surface area (Å²) in [4.78, 5) is 23.8. The van der Waals surface area contributed by atoms with E-state index < -0.39 is 5.91 Å². The molecule has 10 heteroatoms. The van der Waals surface area contributed by atoms with Crippen LogP contribution in [0.5, 0.6) is 5.75 Å². The van der Waals surface area contributed by atoms with Gasteiger partial charge in [-0.3, -0.25) is 9.59 Å². The number of rotatable bonds is 9. The molecule has 4 rings (SSSR count). The third-order valence-corrected chi connectivity index (χ3v) is 5.71. The average Bonchev–Trinajstić information content (AvgIpc) is 3.47. The number of carbonyl (C=O) groups is 2. The summed E-state index contributed by atoms with van der Waals surface area (Å²) in [6.07, 6.45) is 0.582. The Morgan fingerprint density at radius 1 is 1.00 bits per heavy atom. The lowest BCUT2D eigenvalue weighted by molar-refractivity contribution is -0.105. The molecule has 1 aromatic heterocycles. The number of allylic oxidation sites excluding steroid dienone is 2. The van der Waals surface area contributed by atoms with Crippen molar-refractivity contribution in [2.24, 2.45) is 0 Å². The van der Waals surface area contributed by atoms with Crippen molar-refractivity contribution in [1.82, 2.24) is 20.8 Å².